The molecule has 0 radical (unpaired) electrons. The van der Waals surface area contributed by atoms with Crippen LogP contribution >= 0.6 is 0 Å². The average molecular weight is 389 g/mol. The summed E-state index contributed by atoms with van der Waals surface area (Å²) in [5.74, 6) is 1.46. The third-order valence-corrected chi connectivity index (χ3v) is 4.56. The molecule has 0 saturated carbocycles. The Hall–Kier alpha value is -3.34. The number of rotatable bonds is 6. The number of nitrogens with zero attached hydrogens (tertiary/aromatic N) is 4. The summed E-state index contributed by atoms with van der Waals surface area (Å²) in [5, 5.41) is 30.1. The van der Waals surface area contributed by atoms with Crippen molar-refractivity contribution in [1.29, 1.82) is 0 Å². The van der Waals surface area contributed by atoms with Crippen LogP contribution in [0.4, 0.5) is 5.95 Å². The molecule has 0 amide bonds. The molecular weight excluding hydrogens is 369 g/mol. The molecule has 0 unspecified atom stereocenters. The Morgan fingerprint density at radius 1 is 1.10 bits per heavy atom. The van der Waals surface area contributed by atoms with E-state index in [0.717, 1.165) is 22.0 Å². The summed E-state index contributed by atoms with van der Waals surface area (Å²) in [4.78, 5) is 13.3. The second kappa shape index (κ2) is 7.96. The van der Waals surface area contributed by atoms with Crippen molar-refractivity contribution in [3.8, 4) is 11.5 Å². The quantitative estimate of drug-likeness (QED) is 0.299. The van der Waals surface area contributed by atoms with E-state index in [4.69, 9.17) is 5.73 Å². The number of H-pyrrole nitrogens is 1. The number of para-hydroxylation sites is 1. The van der Waals surface area contributed by atoms with Gasteiger partial charge in [-0.05, 0) is 23.5 Å². The number of nitrogens with one attached hydrogen (secondary N) is 2. The van der Waals surface area contributed by atoms with Crippen molar-refractivity contribution in [3.05, 3.63) is 59.4 Å². The predicted octanol–water partition coefficient (Wildman–Crippen LogP) is 0.474. The SMILES string of the molecule is Cc1nc(NCc2cccc(B(O)O)c2)nc(-c2[nH]nc3c(CN)cccc23)n1. The molecule has 0 atom stereocenters. The van der Waals surface area contributed by atoms with E-state index >= 15 is 0 Å². The summed E-state index contributed by atoms with van der Waals surface area (Å²) in [6.45, 7) is 2.61. The molecule has 0 aliphatic carbocycles. The predicted molar refractivity (Wildman–Crippen MR) is 111 cm³/mol. The fourth-order valence-corrected chi connectivity index (χ4v) is 3.15. The van der Waals surface area contributed by atoms with Gasteiger partial charge < -0.3 is 21.1 Å². The first kappa shape index (κ1) is 19.0. The molecular formula is C19H20BN7O2. The Morgan fingerprint density at radius 3 is 2.72 bits per heavy atom. The van der Waals surface area contributed by atoms with Crippen LogP contribution in [0.3, 0.4) is 0 Å². The lowest BCUT2D eigenvalue weighted by Gasteiger charge is -2.08. The van der Waals surface area contributed by atoms with Crippen molar-refractivity contribution in [2.45, 2.75) is 20.0 Å². The maximum absolute atomic E-state index is 9.32. The number of anilines is 1. The van der Waals surface area contributed by atoms with Crippen LogP contribution in [0.5, 0.6) is 0 Å². The molecule has 10 heteroatoms. The number of aryl methyl sites for hydroxylation is 1. The molecule has 4 rings (SSSR count). The van der Waals surface area contributed by atoms with Crippen LogP contribution in [0.15, 0.2) is 42.5 Å². The maximum atomic E-state index is 9.32. The van der Waals surface area contributed by atoms with E-state index in [1.54, 1.807) is 25.1 Å². The van der Waals surface area contributed by atoms with E-state index in [1.807, 2.05) is 24.3 Å². The molecule has 0 spiro atoms. The first-order valence-electron chi connectivity index (χ1n) is 9.13. The van der Waals surface area contributed by atoms with Crippen molar-refractivity contribution in [2.24, 2.45) is 5.73 Å². The van der Waals surface area contributed by atoms with Crippen LogP contribution < -0.4 is 16.5 Å². The normalized spacial score (nSPS) is 11.0. The van der Waals surface area contributed by atoms with E-state index in [0.29, 0.717) is 41.8 Å². The Labute approximate surface area is 167 Å². The number of hydrogen-bond donors (Lipinski definition) is 5. The number of aromatic amines is 1. The first-order chi connectivity index (χ1) is 14.0. The summed E-state index contributed by atoms with van der Waals surface area (Å²) in [7, 11) is -1.51. The highest BCUT2D eigenvalue weighted by Crippen LogP contribution is 2.26. The monoisotopic (exact) mass is 389 g/mol. The highest BCUT2D eigenvalue weighted by Gasteiger charge is 2.15. The van der Waals surface area contributed by atoms with Crippen molar-refractivity contribution in [2.75, 3.05) is 5.32 Å². The van der Waals surface area contributed by atoms with Gasteiger partial charge in [0.25, 0.3) is 0 Å². The maximum Gasteiger partial charge on any atom is 0.488 e. The topological polar surface area (TPSA) is 146 Å². The summed E-state index contributed by atoms with van der Waals surface area (Å²) in [6.07, 6.45) is 0. The smallest absolute Gasteiger partial charge is 0.423 e. The molecule has 146 valence electrons. The molecule has 0 fully saturated rings. The van der Waals surface area contributed by atoms with Gasteiger partial charge in [-0.3, -0.25) is 5.10 Å². The fraction of sp³-hybridized carbons (Fsp3) is 0.158. The molecule has 2 heterocycles. The summed E-state index contributed by atoms with van der Waals surface area (Å²) >= 11 is 0. The molecule has 2 aromatic carbocycles. The summed E-state index contributed by atoms with van der Waals surface area (Å²) < 4.78 is 0. The van der Waals surface area contributed by atoms with E-state index in [9.17, 15) is 10.0 Å². The Bertz CT molecular complexity index is 1160. The Morgan fingerprint density at radius 2 is 1.93 bits per heavy atom. The van der Waals surface area contributed by atoms with Gasteiger partial charge in [0.2, 0.25) is 5.95 Å². The fourth-order valence-electron chi connectivity index (χ4n) is 3.15. The first-order valence-corrected chi connectivity index (χ1v) is 9.13. The minimum absolute atomic E-state index is 0.395. The molecule has 9 nitrogen and oxygen atoms in total. The van der Waals surface area contributed by atoms with Crippen molar-refractivity contribution in [1.82, 2.24) is 25.1 Å². The van der Waals surface area contributed by atoms with E-state index in [-0.39, 0.29) is 0 Å². The van der Waals surface area contributed by atoms with Crippen LogP contribution in [0.25, 0.3) is 22.4 Å². The van der Waals surface area contributed by atoms with Crippen LogP contribution in [0.1, 0.15) is 17.0 Å². The van der Waals surface area contributed by atoms with Crippen molar-refractivity contribution < 1.29 is 10.0 Å². The zero-order chi connectivity index (χ0) is 20.4. The number of aromatic nitrogens is 5. The number of benzene rings is 2. The van der Waals surface area contributed by atoms with Gasteiger partial charge in [0.15, 0.2) is 5.82 Å². The minimum Gasteiger partial charge on any atom is -0.423 e. The van der Waals surface area contributed by atoms with Gasteiger partial charge in [-0.1, -0.05) is 42.5 Å². The van der Waals surface area contributed by atoms with Gasteiger partial charge in [0.05, 0.1) is 5.52 Å². The Balaban J connectivity index is 1.63. The van der Waals surface area contributed by atoms with Gasteiger partial charge >= 0.3 is 7.12 Å². The van der Waals surface area contributed by atoms with Crippen LogP contribution in [-0.2, 0) is 13.1 Å². The zero-order valence-electron chi connectivity index (χ0n) is 15.8. The lowest BCUT2D eigenvalue weighted by molar-refractivity contribution is 0.425. The third-order valence-electron chi connectivity index (χ3n) is 4.56. The number of hydrogen-bond acceptors (Lipinski definition) is 8. The van der Waals surface area contributed by atoms with Crippen LogP contribution in [0, 0.1) is 6.92 Å². The number of nitrogens with two attached hydrogens (primary N) is 1. The highest BCUT2D eigenvalue weighted by molar-refractivity contribution is 6.58. The molecule has 0 bridgehead atoms. The molecule has 4 aromatic rings. The van der Waals surface area contributed by atoms with Crippen LogP contribution in [-0.4, -0.2) is 42.3 Å². The lowest BCUT2D eigenvalue weighted by atomic mass is 9.80. The van der Waals surface area contributed by atoms with E-state index in [2.05, 4.69) is 30.5 Å². The molecule has 2 aromatic heterocycles. The van der Waals surface area contributed by atoms with Crippen molar-refractivity contribution in [3.63, 3.8) is 0 Å². The molecule has 0 aliphatic rings. The largest absolute Gasteiger partial charge is 0.488 e. The highest BCUT2D eigenvalue weighted by atomic mass is 16.4. The van der Waals surface area contributed by atoms with Gasteiger partial charge in [0, 0.05) is 18.5 Å². The molecule has 6 N–H and O–H groups in total. The second-order valence-electron chi connectivity index (χ2n) is 6.62. The molecule has 0 saturated heterocycles. The van der Waals surface area contributed by atoms with Gasteiger partial charge in [-0.25, -0.2) is 4.98 Å². The standard InChI is InChI=1S/C19H20BN7O2/c1-11-23-18(17-15-7-3-5-13(9-21)16(15)26-27-17)25-19(24-11)22-10-12-4-2-6-14(8-12)20(28)29/h2-8,28-29H,9-10,21H2,1H3,(H,26,27)(H,22,23,24,25). The Kier molecular flexibility index (Phi) is 5.21. The summed E-state index contributed by atoms with van der Waals surface area (Å²) in [6, 6.07) is 12.8. The minimum atomic E-state index is -1.51. The lowest BCUT2D eigenvalue weighted by Crippen LogP contribution is -2.30. The van der Waals surface area contributed by atoms with E-state index < -0.39 is 7.12 Å². The van der Waals surface area contributed by atoms with Crippen molar-refractivity contribution >= 4 is 29.4 Å². The zero-order valence-corrected chi connectivity index (χ0v) is 15.8. The van der Waals surface area contributed by atoms with Gasteiger partial charge in [-0.15, -0.1) is 0 Å². The summed E-state index contributed by atoms with van der Waals surface area (Å²) in [5.41, 5.74) is 9.55. The van der Waals surface area contributed by atoms with Gasteiger partial charge in [-0.2, -0.15) is 15.1 Å². The average Bonchev–Trinajstić information content (AvgIpc) is 3.16. The third kappa shape index (κ3) is 3.95. The van der Waals surface area contributed by atoms with E-state index in [1.165, 1.54) is 0 Å². The second-order valence-corrected chi connectivity index (χ2v) is 6.62. The molecule has 0 aliphatic heterocycles. The number of fused-ring (bicyclic) bond motifs is 1. The molecule has 29 heavy (non-hydrogen) atoms. The van der Waals surface area contributed by atoms with Gasteiger partial charge in [0.1, 0.15) is 11.5 Å². The van der Waals surface area contributed by atoms with Crippen LogP contribution in [0.2, 0.25) is 0 Å².